The highest BCUT2D eigenvalue weighted by molar-refractivity contribution is 7.94. The van der Waals surface area contributed by atoms with Crippen LogP contribution in [0.3, 0.4) is 0 Å². The predicted octanol–water partition coefficient (Wildman–Crippen LogP) is 7.62. The smallest absolute Gasteiger partial charge is 0.346 e. The standard InChI is InChI=1S/C47H54ClN9O8S2/c1-47(2)15-13-35(41(29-47)32-5-8-36(48)9-6-32)31-55-18-20-56(21-19-55)37-10-12-40(43(27-37)65-38-26-34-14-16-50-44(34)51-30-38)45(58)52-67(63,64)39-11-7-33(42(28-39)57(60)61)4-3-17-54-22-24-66(62,25-23-54)53-46(49)59/h5-12,14,16,26-28,30H,3-4,13,15,17-25,29,31H2,1-2H3,(H2,49,59)(H,50,51)(H,52,58). The van der Waals surface area contributed by atoms with Gasteiger partial charge >= 0.3 is 6.03 Å². The molecule has 2 aliphatic heterocycles. The SMILES string of the molecule is CC1(C)CCC(CN2CCN(c3ccc(C(=O)NS(=O)(=O)c4ccc(CCCN5CCS(=O)(=NC(N)=O)CC5)c([N+](=O)[O-])c4)c(Oc4cnc5[nH]ccc5c4)c3)CC2)=C(c2ccc(Cl)cc2)C1. The Hall–Kier alpha value is -5.86. The number of rotatable bonds is 14. The van der Waals surface area contributed by atoms with Gasteiger partial charge < -0.3 is 25.3 Å². The highest BCUT2D eigenvalue weighted by atomic mass is 35.5. The molecule has 4 N–H and O–H groups in total. The molecule has 0 bridgehead atoms. The second kappa shape index (κ2) is 19.8. The van der Waals surface area contributed by atoms with Crippen molar-refractivity contribution in [3.63, 3.8) is 0 Å². The number of nitrogens with zero attached hydrogens (tertiary/aromatic N) is 6. The van der Waals surface area contributed by atoms with Gasteiger partial charge in [0.15, 0.2) is 0 Å². The first kappa shape index (κ1) is 47.6. The number of aryl methyl sites for hydroxylation is 1. The van der Waals surface area contributed by atoms with Gasteiger partial charge in [0.25, 0.3) is 21.6 Å². The number of benzene rings is 3. The fourth-order valence-corrected chi connectivity index (χ4v) is 12.0. The van der Waals surface area contributed by atoms with Crippen molar-refractivity contribution in [1.29, 1.82) is 0 Å². The molecule has 20 heteroatoms. The summed E-state index contributed by atoms with van der Waals surface area (Å²) in [6.07, 6.45) is 7.15. The number of aromatic nitrogens is 2. The number of urea groups is 1. The fraction of sp³-hybridized carbons (Fsp3) is 0.383. The van der Waals surface area contributed by atoms with Crippen molar-refractivity contribution in [2.75, 3.05) is 68.8 Å². The van der Waals surface area contributed by atoms with Crippen LogP contribution >= 0.6 is 11.6 Å². The first-order chi connectivity index (χ1) is 31.9. The van der Waals surface area contributed by atoms with E-state index in [-0.39, 0.29) is 34.7 Å². The zero-order valence-corrected chi connectivity index (χ0v) is 39.8. The van der Waals surface area contributed by atoms with Gasteiger partial charge in [-0.1, -0.05) is 49.2 Å². The van der Waals surface area contributed by atoms with Gasteiger partial charge in [-0.2, -0.15) is 0 Å². The number of fused-ring (bicyclic) bond motifs is 1. The molecule has 3 amide bonds. The van der Waals surface area contributed by atoms with E-state index in [2.05, 4.69) is 54.8 Å². The highest BCUT2D eigenvalue weighted by Gasteiger charge is 2.31. The minimum absolute atomic E-state index is 0.0648. The number of nitrogens with two attached hydrogens (primary N) is 1. The molecule has 3 aliphatic rings. The number of nitro groups is 1. The van der Waals surface area contributed by atoms with Crippen molar-refractivity contribution in [2.24, 2.45) is 15.5 Å². The average Bonchev–Trinajstić information content (AvgIpc) is 3.76. The monoisotopic (exact) mass is 971 g/mol. The number of anilines is 1. The summed E-state index contributed by atoms with van der Waals surface area (Å²) >= 11 is 6.24. The number of amides is 3. The Morgan fingerprint density at radius 2 is 1.75 bits per heavy atom. The number of primary amides is 1. The molecule has 1 aliphatic carbocycles. The van der Waals surface area contributed by atoms with Crippen LogP contribution in [0.1, 0.15) is 61.0 Å². The lowest BCUT2D eigenvalue weighted by atomic mass is 9.72. The average molecular weight is 973 g/mol. The molecule has 17 nitrogen and oxygen atoms in total. The first-order valence-corrected chi connectivity index (χ1v) is 25.9. The highest BCUT2D eigenvalue weighted by Crippen LogP contribution is 2.43. The summed E-state index contributed by atoms with van der Waals surface area (Å²) in [5.41, 5.74) is 10.7. The summed E-state index contributed by atoms with van der Waals surface area (Å²) in [4.78, 5) is 50.4. The van der Waals surface area contributed by atoms with Crippen molar-refractivity contribution in [3.05, 3.63) is 123 Å². The number of H-pyrrole nitrogens is 1. The minimum atomic E-state index is -4.61. The fourth-order valence-electron chi connectivity index (χ4n) is 9.04. The Bertz CT molecular complexity index is 2960. The molecule has 354 valence electrons. The summed E-state index contributed by atoms with van der Waals surface area (Å²) in [7, 11) is -7.30. The summed E-state index contributed by atoms with van der Waals surface area (Å²) in [5, 5.41) is 13.7. The molecule has 3 aromatic carbocycles. The predicted molar refractivity (Wildman–Crippen MR) is 260 cm³/mol. The molecule has 0 spiro atoms. The van der Waals surface area contributed by atoms with E-state index < -0.39 is 47.2 Å². The number of halogens is 1. The number of hydrogen-bond acceptors (Lipinski definition) is 12. The van der Waals surface area contributed by atoms with Gasteiger partial charge in [-0.3, -0.25) is 19.8 Å². The number of ether oxygens (including phenoxy) is 1. The Balaban J connectivity index is 0.966. The maximum Gasteiger partial charge on any atom is 0.346 e. The van der Waals surface area contributed by atoms with Crippen molar-refractivity contribution in [3.8, 4) is 11.5 Å². The van der Waals surface area contributed by atoms with Gasteiger partial charge in [0.2, 0.25) is 0 Å². The van der Waals surface area contributed by atoms with E-state index in [1.54, 1.807) is 24.4 Å². The number of nitrogens with one attached hydrogen (secondary N) is 2. The van der Waals surface area contributed by atoms with Crippen LogP contribution in [-0.4, -0.2) is 113 Å². The van der Waals surface area contributed by atoms with E-state index >= 15 is 0 Å². The summed E-state index contributed by atoms with van der Waals surface area (Å²) in [6.45, 7) is 9.90. The van der Waals surface area contributed by atoms with Crippen LogP contribution in [0, 0.1) is 15.5 Å². The number of piperazine rings is 1. The molecule has 8 rings (SSSR count). The third kappa shape index (κ3) is 11.6. The Labute approximate surface area is 395 Å². The summed E-state index contributed by atoms with van der Waals surface area (Å²) in [6, 6.07) is 19.3. The van der Waals surface area contributed by atoms with Crippen LogP contribution in [0.15, 0.2) is 100 Å². The molecule has 0 atom stereocenters. The zero-order valence-electron chi connectivity index (χ0n) is 37.4. The molecular formula is C47H54ClN9O8S2. The Morgan fingerprint density at radius 1 is 1.00 bits per heavy atom. The lowest BCUT2D eigenvalue weighted by Crippen LogP contribution is -2.47. The van der Waals surface area contributed by atoms with Crippen LogP contribution < -0.4 is 20.1 Å². The van der Waals surface area contributed by atoms with Crippen molar-refractivity contribution < 1.29 is 31.9 Å². The largest absolute Gasteiger partial charge is 0.455 e. The molecule has 67 heavy (non-hydrogen) atoms. The third-order valence-corrected chi connectivity index (χ3v) is 16.5. The maximum absolute atomic E-state index is 14.0. The summed E-state index contributed by atoms with van der Waals surface area (Å²) < 4.78 is 52.2. The number of nitro benzene ring substituents is 1. The van der Waals surface area contributed by atoms with E-state index in [1.165, 1.54) is 41.1 Å². The molecule has 0 radical (unpaired) electrons. The normalized spacial score (nSPS) is 17.9. The van der Waals surface area contributed by atoms with Gasteiger partial charge in [-0.15, -0.1) is 4.36 Å². The first-order valence-electron chi connectivity index (χ1n) is 22.2. The number of carbonyl (C=O) groups excluding carboxylic acids is 2. The summed E-state index contributed by atoms with van der Waals surface area (Å²) in [5.74, 6) is -0.169. The number of allylic oxidation sites excluding steroid dienone is 1. The number of pyridine rings is 1. The van der Waals surface area contributed by atoms with Gasteiger partial charge in [-0.05, 0) is 97.7 Å². The molecule has 0 saturated carbocycles. The second-order valence-corrected chi connectivity index (χ2v) is 22.8. The van der Waals surface area contributed by atoms with Crippen molar-refractivity contribution in [2.45, 2.75) is 50.8 Å². The van der Waals surface area contributed by atoms with Crippen molar-refractivity contribution >= 4 is 71.3 Å². The quantitative estimate of drug-likeness (QED) is 0.0722. The lowest BCUT2D eigenvalue weighted by Gasteiger charge is -2.39. The van der Waals surface area contributed by atoms with Crippen LogP contribution in [0.4, 0.5) is 16.2 Å². The topological polar surface area (TPSA) is 227 Å². The molecule has 2 saturated heterocycles. The maximum atomic E-state index is 14.0. The Kier molecular flexibility index (Phi) is 14.1. The van der Waals surface area contributed by atoms with Crippen LogP contribution in [0.5, 0.6) is 11.5 Å². The van der Waals surface area contributed by atoms with E-state index in [1.807, 2.05) is 23.1 Å². The zero-order chi connectivity index (χ0) is 47.5. The van der Waals surface area contributed by atoms with E-state index in [9.17, 15) is 32.3 Å². The minimum Gasteiger partial charge on any atom is -0.455 e. The van der Waals surface area contributed by atoms with E-state index in [0.717, 1.165) is 61.1 Å². The van der Waals surface area contributed by atoms with Crippen LogP contribution in [-0.2, 0) is 26.2 Å². The second-order valence-electron chi connectivity index (χ2n) is 18.1. The van der Waals surface area contributed by atoms with Gasteiger partial charge in [0, 0.05) is 97.3 Å². The molecule has 2 fully saturated rings. The number of carbonyl (C=O) groups is 2. The van der Waals surface area contributed by atoms with Gasteiger partial charge in [0.05, 0.1) is 31.3 Å². The van der Waals surface area contributed by atoms with E-state index in [4.69, 9.17) is 22.1 Å². The van der Waals surface area contributed by atoms with E-state index in [0.29, 0.717) is 56.1 Å². The van der Waals surface area contributed by atoms with Crippen LogP contribution in [0.2, 0.25) is 5.02 Å². The Morgan fingerprint density at radius 3 is 2.46 bits per heavy atom. The van der Waals surface area contributed by atoms with Crippen LogP contribution in [0.25, 0.3) is 16.6 Å². The molecule has 2 aromatic heterocycles. The number of sulfonamides is 1. The molecule has 4 heterocycles. The van der Waals surface area contributed by atoms with Gasteiger partial charge in [-0.25, -0.2) is 27.1 Å². The number of hydrogen-bond donors (Lipinski definition) is 3. The molecular weight excluding hydrogens is 918 g/mol. The third-order valence-electron chi connectivity index (χ3n) is 12.8. The van der Waals surface area contributed by atoms with Crippen molar-refractivity contribution in [1.82, 2.24) is 24.5 Å². The molecule has 5 aromatic rings. The van der Waals surface area contributed by atoms with Gasteiger partial charge in [0.1, 0.15) is 17.1 Å². The molecule has 0 unspecified atom stereocenters. The number of aromatic amines is 1. The lowest BCUT2D eigenvalue weighted by molar-refractivity contribution is -0.385.